The zero-order valence-electron chi connectivity index (χ0n) is 8.49. The van der Waals surface area contributed by atoms with Crippen LogP contribution in [0.5, 0.6) is 0 Å². The predicted octanol–water partition coefficient (Wildman–Crippen LogP) is 0.873. The third kappa shape index (κ3) is 2.69. The normalized spacial score (nSPS) is 19.8. The van der Waals surface area contributed by atoms with Crippen LogP contribution in [0.25, 0.3) is 0 Å². The second kappa shape index (κ2) is 4.61. The van der Waals surface area contributed by atoms with Crippen LogP contribution in [0.2, 0.25) is 0 Å². The van der Waals surface area contributed by atoms with Crippen LogP contribution < -0.4 is 0 Å². The zero-order chi connectivity index (χ0) is 9.84. The number of hydrogen-bond donors (Lipinski definition) is 1. The Kier molecular flexibility index (Phi) is 3.72. The minimum Gasteiger partial charge on any atom is -0.396 e. The summed E-state index contributed by atoms with van der Waals surface area (Å²) in [4.78, 5) is 13.3. The molecule has 1 heterocycles. The molecule has 3 heteroatoms. The average molecular weight is 185 g/mol. The minimum atomic E-state index is 0.215. The van der Waals surface area contributed by atoms with Crippen LogP contribution in [0.3, 0.4) is 0 Å². The van der Waals surface area contributed by atoms with Gasteiger partial charge in [0, 0.05) is 32.0 Å². The second-order valence-corrected chi connectivity index (χ2v) is 4.06. The topological polar surface area (TPSA) is 40.5 Å². The number of nitrogens with zero attached hydrogens (tertiary/aromatic N) is 1. The van der Waals surface area contributed by atoms with E-state index in [-0.39, 0.29) is 12.5 Å². The lowest BCUT2D eigenvalue weighted by Crippen LogP contribution is -2.51. The molecule has 0 aromatic carbocycles. The molecule has 13 heavy (non-hydrogen) atoms. The molecule has 0 aliphatic carbocycles. The lowest BCUT2D eigenvalue weighted by atomic mass is 9.98. The van der Waals surface area contributed by atoms with E-state index in [4.69, 9.17) is 5.11 Å². The quantitative estimate of drug-likeness (QED) is 0.706. The summed E-state index contributed by atoms with van der Waals surface area (Å²) in [5.41, 5.74) is 0. The molecule has 1 unspecified atom stereocenters. The van der Waals surface area contributed by atoms with Crippen LogP contribution in [0.1, 0.15) is 26.7 Å². The van der Waals surface area contributed by atoms with Gasteiger partial charge in [-0.15, -0.1) is 0 Å². The van der Waals surface area contributed by atoms with Gasteiger partial charge in [-0.05, 0) is 5.92 Å². The Bertz CT molecular complexity index is 176. The van der Waals surface area contributed by atoms with Gasteiger partial charge in [-0.2, -0.15) is 0 Å². The Morgan fingerprint density at radius 2 is 2.23 bits per heavy atom. The van der Waals surface area contributed by atoms with Gasteiger partial charge in [-0.1, -0.05) is 20.3 Å². The molecule has 76 valence electrons. The van der Waals surface area contributed by atoms with Crippen LogP contribution >= 0.6 is 0 Å². The van der Waals surface area contributed by atoms with E-state index in [1.54, 1.807) is 0 Å². The number of aliphatic hydroxyl groups excluding tert-OH is 1. The van der Waals surface area contributed by atoms with E-state index in [0.29, 0.717) is 18.3 Å². The molecule has 0 aromatic heterocycles. The molecule has 1 aliphatic rings. The van der Waals surface area contributed by atoms with Gasteiger partial charge in [0.15, 0.2) is 0 Å². The summed E-state index contributed by atoms with van der Waals surface area (Å²) in [5.74, 6) is 1.07. The van der Waals surface area contributed by atoms with Gasteiger partial charge >= 0.3 is 0 Å². The van der Waals surface area contributed by atoms with E-state index in [1.807, 2.05) is 4.90 Å². The van der Waals surface area contributed by atoms with Crippen molar-refractivity contribution in [1.82, 2.24) is 4.90 Å². The molecule has 0 radical (unpaired) electrons. The maximum absolute atomic E-state index is 11.5. The standard InChI is InChI=1S/C10H19NO2/c1-3-8(2)4-10(13)11-5-9(6-11)7-12/h8-9,12H,3-7H2,1-2H3. The van der Waals surface area contributed by atoms with Crippen molar-refractivity contribution in [3.05, 3.63) is 0 Å². The number of carbonyl (C=O) groups excluding carboxylic acids is 1. The first-order chi connectivity index (χ1) is 6.17. The third-order valence-electron chi connectivity index (χ3n) is 2.79. The van der Waals surface area contributed by atoms with Gasteiger partial charge in [0.05, 0.1) is 0 Å². The largest absolute Gasteiger partial charge is 0.396 e. The maximum atomic E-state index is 11.5. The molecule has 1 aliphatic heterocycles. The number of carbonyl (C=O) groups is 1. The third-order valence-corrected chi connectivity index (χ3v) is 2.79. The van der Waals surface area contributed by atoms with E-state index in [2.05, 4.69) is 13.8 Å². The first-order valence-electron chi connectivity index (χ1n) is 5.06. The van der Waals surface area contributed by atoms with Gasteiger partial charge in [-0.25, -0.2) is 0 Å². The lowest BCUT2D eigenvalue weighted by molar-refractivity contribution is -0.139. The molecule has 0 saturated carbocycles. The molecule has 1 fully saturated rings. The van der Waals surface area contributed by atoms with Crippen molar-refractivity contribution in [2.75, 3.05) is 19.7 Å². The van der Waals surface area contributed by atoms with E-state index < -0.39 is 0 Å². The fraction of sp³-hybridized carbons (Fsp3) is 0.900. The molecule has 1 amide bonds. The predicted molar refractivity (Wildman–Crippen MR) is 51.2 cm³/mol. The van der Waals surface area contributed by atoms with Gasteiger partial charge in [0.2, 0.25) is 5.91 Å². The van der Waals surface area contributed by atoms with E-state index in [0.717, 1.165) is 19.5 Å². The van der Waals surface area contributed by atoms with Crippen molar-refractivity contribution in [3.63, 3.8) is 0 Å². The number of hydrogen-bond acceptors (Lipinski definition) is 2. The highest BCUT2D eigenvalue weighted by molar-refractivity contribution is 5.77. The van der Waals surface area contributed by atoms with Crippen LogP contribution in [0, 0.1) is 11.8 Å². The summed E-state index contributed by atoms with van der Waals surface area (Å²) in [5, 5.41) is 8.78. The van der Waals surface area contributed by atoms with Crippen molar-refractivity contribution in [3.8, 4) is 0 Å². The van der Waals surface area contributed by atoms with E-state index >= 15 is 0 Å². The maximum Gasteiger partial charge on any atom is 0.222 e. The van der Waals surface area contributed by atoms with E-state index in [9.17, 15) is 4.79 Å². The van der Waals surface area contributed by atoms with E-state index in [1.165, 1.54) is 0 Å². The fourth-order valence-electron chi connectivity index (χ4n) is 1.46. The van der Waals surface area contributed by atoms with Gasteiger partial charge in [0.25, 0.3) is 0 Å². The summed E-state index contributed by atoms with van der Waals surface area (Å²) in [6.45, 7) is 5.93. The summed E-state index contributed by atoms with van der Waals surface area (Å²) in [6.07, 6.45) is 1.72. The SMILES string of the molecule is CCC(C)CC(=O)N1CC(CO)C1. The molecule has 3 nitrogen and oxygen atoms in total. The zero-order valence-corrected chi connectivity index (χ0v) is 8.49. The summed E-state index contributed by atoms with van der Waals surface area (Å²) in [6, 6.07) is 0. The molecule has 1 atom stereocenters. The number of rotatable bonds is 4. The van der Waals surface area contributed by atoms with Crippen molar-refractivity contribution in [2.45, 2.75) is 26.7 Å². The van der Waals surface area contributed by atoms with Gasteiger partial charge < -0.3 is 10.0 Å². The monoisotopic (exact) mass is 185 g/mol. The molecular formula is C10H19NO2. The number of likely N-dealkylation sites (tertiary alicyclic amines) is 1. The molecule has 1 N–H and O–H groups in total. The second-order valence-electron chi connectivity index (χ2n) is 4.06. The molecule has 1 rings (SSSR count). The highest BCUT2D eigenvalue weighted by Crippen LogP contribution is 2.18. The summed E-state index contributed by atoms with van der Waals surface area (Å²) >= 11 is 0. The Labute approximate surface area is 79.7 Å². The molecular weight excluding hydrogens is 166 g/mol. The lowest BCUT2D eigenvalue weighted by Gasteiger charge is -2.38. The Morgan fingerprint density at radius 3 is 2.69 bits per heavy atom. The number of amides is 1. The van der Waals surface area contributed by atoms with Gasteiger partial charge in [-0.3, -0.25) is 4.79 Å². The van der Waals surface area contributed by atoms with Crippen LogP contribution in [0.4, 0.5) is 0 Å². The number of aliphatic hydroxyl groups is 1. The van der Waals surface area contributed by atoms with Gasteiger partial charge in [0.1, 0.15) is 0 Å². The first-order valence-corrected chi connectivity index (χ1v) is 5.06. The fourth-order valence-corrected chi connectivity index (χ4v) is 1.46. The summed E-state index contributed by atoms with van der Waals surface area (Å²) in [7, 11) is 0. The highest BCUT2D eigenvalue weighted by Gasteiger charge is 2.29. The van der Waals surface area contributed by atoms with Crippen molar-refractivity contribution in [2.24, 2.45) is 11.8 Å². The molecule has 1 saturated heterocycles. The Hall–Kier alpha value is -0.570. The first kappa shape index (κ1) is 10.5. The van der Waals surface area contributed by atoms with Crippen LogP contribution in [0.15, 0.2) is 0 Å². The van der Waals surface area contributed by atoms with Crippen molar-refractivity contribution >= 4 is 5.91 Å². The Balaban J connectivity index is 2.19. The smallest absolute Gasteiger partial charge is 0.222 e. The van der Waals surface area contributed by atoms with Crippen molar-refractivity contribution in [1.29, 1.82) is 0 Å². The molecule has 0 aromatic rings. The minimum absolute atomic E-state index is 0.215. The summed E-state index contributed by atoms with van der Waals surface area (Å²) < 4.78 is 0. The van der Waals surface area contributed by atoms with Crippen molar-refractivity contribution < 1.29 is 9.90 Å². The van der Waals surface area contributed by atoms with Crippen LogP contribution in [-0.2, 0) is 4.79 Å². The molecule has 0 spiro atoms. The Morgan fingerprint density at radius 1 is 1.62 bits per heavy atom. The average Bonchev–Trinajstić information content (AvgIpc) is 2.02. The molecule has 0 bridgehead atoms. The van der Waals surface area contributed by atoms with Crippen LogP contribution in [-0.4, -0.2) is 35.6 Å². The highest BCUT2D eigenvalue weighted by atomic mass is 16.3.